The van der Waals surface area contributed by atoms with Gasteiger partial charge in [0.25, 0.3) is 5.91 Å². The number of hydrogen-bond donors (Lipinski definition) is 0. The number of carbonyl (C=O) groups is 1. The number of amides is 1. The van der Waals surface area contributed by atoms with Gasteiger partial charge in [-0.25, -0.2) is 13.4 Å². The standard InChI is InChI=1S/C22H26BrN3O3S2/c1-4-25(5-2)13-14-26(22-24-19-12-9-17(23)15-20(19)30-22)21(27)16-7-10-18(11-8-16)31(28,29)6-3/h7-12,15H,4-6,13-14H2,1-3H3. The lowest BCUT2D eigenvalue weighted by Gasteiger charge is -2.24. The number of fused-ring (bicyclic) bond motifs is 1. The molecule has 0 aliphatic rings. The van der Waals surface area contributed by atoms with Crippen LogP contribution in [0.1, 0.15) is 31.1 Å². The van der Waals surface area contributed by atoms with Gasteiger partial charge in [0, 0.05) is 23.1 Å². The number of carbonyl (C=O) groups excluding carboxylic acids is 1. The van der Waals surface area contributed by atoms with Gasteiger partial charge in [0.05, 0.1) is 20.9 Å². The van der Waals surface area contributed by atoms with E-state index in [0.29, 0.717) is 17.2 Å². The first-order valence-electron chi connectivity index (χ1n) is 10.2. The molecule has 0 fully saturated rings. The molecule has 0 atom stereocenters. The van der Waals surface area contributed by atoms with Gasteiger partial charge >= 0.3 is 0 Å². The first kappa shape index (κ1) is 23.8. The van der Waals surface area contributed by atoms with Gasteiger partial charge in [0.2, 0.25) is 0 Å². The molecule has 3 rings (SSSR count). The normalized spacial score (nSPS) is 11.9. The number of anilines is 1. The molecule has 9 heteroatoms. The Morgan fingerprint density at radius 2 is 1.71 bits per heavy atom. The topological polar surface area (TPSA) is 70.6 Å². The molecular weight excluding hydrogens is 498 g/mol. The molecule has 0 saturated heterocycles. The Balaban J connectivity index is 1.95. The van der Waals surface area contributed by atoms with Crippen LogP contribution in [0.25, 0.3) is 10.2 Å². The van der Waals surface area contributed by atoms with Gasteiger partial charge in [-0.3, -0.25) is 9.69 Å². The quantitative estimate of drug-likeness (QED) is 0.401. The average molecular weight is 525 g/mol. The SMILES string of the molecule is CCN(CC)CCN(C(=O)c1ccc(S(=O)(=O)CC)cc1)c1nc2ccc(Br)cc2s1. The molecular formula is C22H26BrN3O3S2. The number of sulfone groups is 1. The van der Waals surface area contributed by atoms with Gasteiger partial charge in [0.1, 0.15) is 0 Å². The number of hydrogen-bond acceptors (Lipinski definition) is 6. The van der Waals surface area contributed by atoms with Crippen LogP contribution in [0.2, 0.25) is 0 Å². The maximum absolute atomic E-state index is 13.4. The van der Waals surface area contributed by atoms with Crippen molar-refractivity contribution in [1.29, 1.82) is 0 Å². The molecule has 6 nitrogen and oxygen atoms in total. The molecule has 0 aliphatic carbocycles. The molecule has 3 aromatic rings. The molecule has 166 valence electrons. The molecule has 1 aromatic heterocycles. The maximum Gasteiger partial charge on any atom is 0.260 e. The summed E-state index contributed by atoms with van der Waals surface area (Å²) < 4.78 is 26.1. The Morgan fingerprint density at radius 3 is 2.32 bits per heavy atom. The molecule has 0 N–H and O–H groups in total. The molecule has 0 spiro atoms. The van der Waals surface area contributed by atoms with Crippen LogP contribution in [0.5, 0.6) is 0 Å². The van der Waals surface area contributed by atoms with E-state index in [1.54, 1.807) is 24.0 Å². The van der Waals surface area contributed by atoms with Crippen molar-refractivity contribution in [3.8, 4) is 0 Å². The van der Waals surface area contributed by atoms with Crippen LogP contribution < -0.4 is 4.90 Å². The lowest BCUT2D eigenvalue weighted by Crippen LogP contribution is -2.38. The summed E-state index contributed by atoms with van der Waals surface area (Å²) in [7, 11) is -3.31. The van der Waals surface area contributed by atoms with Crippen molar-refractivity contribution >= 4 is 58.4 Å². The minimum absolute atomic E-state index is 0.0253. The second-order valence-electron chi connectivity index (χ2n) is 7.02. The smallest absolute Gasteiger partial charge is 0.260 e. The predicted molar refractivity (Wildman–Crippen MR) is 131 cm³/mol. The maximum atomic E-state index is 13.4. The summed E-state index contributed by atoms with van der Waals surface area (Å²) >= 11 is 4.95. The molecule has 2 aromatic carbocycles. The Bertz CT molecular complexity index is 1160. The second-order valence-corrected chi connectivity index (χ2v) is 11.2. The number of benzene rings is 2. The number of rotatable bonds is 9. The van der Waals surface area contributed by atoms with Crippen LogP contribution in [0.15, 0.2) is 51.8 Å². The van der Waals surface area contributed by atoms with E-state index in [9.17, 15) is 13.2 Å². The summed E-state index contributed by atoms with van der Waals surface area (Å²) in [5, 5.41) is 0.635. The Hall–Kier alpha value is -1.81. The van der Waals surface area contributed by atoms with Crippen LogP contribution in [0, 0.1) is 0 Å². The van der Waals surface area contributed by atoms with Gasteiger partial charge in [-0.1, -0.05) is 48.0 Å². The number of nitrogens with zero attached hydrogens (tertiary/aromatic N) is 3. The lowest BCUT2D eigenvalue weighted by molar-refractivity contribution is 0.0983. The third kappa shape index (κ3) is 5.52. The molecule has 1 amide bonds. The van der Waals surface area contributed by atoms with Crippen LogP contribution in [0.3, 0.4) is 0 Å². The van der Waals surface area contributed by atoms with Crippen molar-refractivity contribution in [3.05, 3.63) is 52.5 Å². The van der Waals surface area contributed by atoms with Crippen molar-refractivity contribution in [3.63, 3.8) is 0 Å². The summed E-state index contributed by atoms with van der Waals surface area (Å²) in [6.45, 7) is 8.81. The predicted octanol–water partition coefficient (Wildman–Crippen LogP) is 4.84. The monoisotopic (exact) mass is 523 g/mol. The third-order valence-corrected chi connectivity index (χ3v) is 8.47. The number of halogens is 1. The molecule has 1 heterocycles. The summed E-state index contributed by atoms with van der Waals surface area (Å²) in [5.41, 5.74) is 1.28. The fourth-order valence-corrected chi connectivity index (χ4v) is 5.62. The van der Waals surface area contributed by atoms with Crippen molar-refractivity contribution in [1.82, 2.24) is 9.88 Å². The highest BCUT2D eigenvalue weighted by Gasteiger charge is 2.23. The van der Waals surface area contributed by atoms with Crippen LogP contribution in [-0.4, -0.2) is 56.1 Å². The fourth-order valence-electron chi connectivity index (χ4n) is 3.19. The number of aromatic nitrogens is 1. The molecule has 31 heavy (non-hydrogen) atoms. The van der Waals surface area contributed by atoms with E-state index in [4.69, 9.17) is 0 Å². The average Bonchev–Trinajstić information content (AvgIpc) is 3.19. The number of thiazole rings is 1. The van der Waals surface area contributed by atoms with Crippen LogP contribution in [0.4, 0.5) is 5.13 Å². The first-order valence-corrected chi connectivity index (χ1v) is 13.5. The molecule has 0 bridgehead atoms. The fraction of sp³-hybridized carbons (Fsp3) is 0.364. The van der Waals surface area contributed by atoms with Gasteiger partial charge < -0.3 is 4.90 Å². The number of likely N-dealkylation sites (N-methyl/N-ethyl adjacent to an activating group) is 1. The molecule has 0 aliphatic heterocycles. The Labute approximate surface area is 195 Å². The summed E-state index contributed by atoms with van der Waals surface area (Å²) in [6, 6.07) is 12.0. The van der Waals surface area contributed by atoms with E-state index < -0.39 is 9.84 Å². The zero-order valence-electron chi connectivity index (χ0n) is 17.8. The lowest BCUT2D eigenvalue weighted by atomic mass is 10.2. The van der Waals surface area contributed by atoms with Gasteiger partial charge in [-0.05, 0) is 55.6 Å². The van der Waals surface area contributed by atoms with Crippen molar-refractivity contribution in [2.24, 2.45) is 0 Å². The van der Waals surface area contributed by atoms with E-state index in [0.717, 1.165) is 34.3 Å². The van der Waals surface area contributed by atoms with Gasteiger partial charge in [0.15, 0.2) is 15.0 Å². The van der Waals surface area contributed by atoms with Crippen LogP contribution >= 0.6 is 27.3 Å². The summed E-state index contributed by atoms with van der Waals surface area (Å²) in [6.07, 6.45) is 0. The van der Waals surface area contributed by atoms with Crippen LogP contribution in [-0.2, 0) is 9.84 Å². The van der Waals surface area contributed by atoms with Gasteiger partial charge in [-0.2, -0.15) is 0 Å². The van der Waals surface area contributed by atoms with E-state index in [1.807, 2.05) is 18.2 Å². The zero-order valence-corrected chi connectivity index (χ0v) is 21.1. The highest BCUT2D eigenvalue weighted by molar-refractivity contribution is 9.10. The molecule has 0 saturated carbocycles. The summed E-state index contributed by atoms with van der Waals surface area (Å²) in [5.74, 6) is -0.164. The molecule has 0 unspecified atom stereocenters. The minimum atomic E-state index is -3.31. The van der Waals surface area contributed by atoms with E-state index in [2.05, 4.69) is 39.7 Å². The largest absolute Gasteiger partial charge is 0.302 e. The van der Waals surface area contributed by atoms with E-state index >= 15 is 0 Å². The summed E-state index contributed by atoms with van der Waals surface area (Å²) in [4.78, 5) is 22.3. The van der Waals surface area contributed by atoms with Crippen molar-refractivity contribution in [2.75, 3.05) is 36.8 Å². The van der Waals surface area contributed by atoms with Crippen molar-refractivity contribution in [2.45, 2.75) is 25.7 Å². The van der Waals surface area contributed by atoms with E-state index in [1.165, 1.54) is 23.5 Å². The van der Waals surface area contributed by atoms with E-state index in [-0.39, 0.29) is 16.6 Å². The second kappa shape index (κ2) is 10.2. The molecule has 0 radical (unpaired) electrons. The Morgan fingerprint density at radius 1 is 1.03 bits per heavy atom. The Kier molecular flexibility index (Phi) is 7.85. The first-order chi connectivity index (χ1) is 14.8. The van der Waals surface area contributed by atoms with Crippen molar-refractivity contribution < 1.29 is 13.2 Å². The zero-order chi connectivity index (χ0) is 22.6. The van der Waals surface area contributed by atoms with Gasteiger partial charge in [-0.15, -0.1) is 0 Å². The third-order valence-electron chi connectivity index (χ3n) is 5.19. The highest BCUT2D eigenvalue weighted by atomic mass is 79.9. The highest BCUT2D eigenvalue weighted by Crippen LogP contribution is 2.31. The minimum Gasteiger partial charge on any atom is -0.302 e.